The molecule has 4 rings (SSSR count). The summed E-state index contributed by atoms with van der Waals surface area (Å²) in [7, 11) is 0. The van der Waals surface area contributed by atoms with Gasteiger partial charge in [0.05, 0.1) is 5.69 Å². The summed E-state index contributed by atoms with van der Waals surface area (Å²) in [5.41, 5.74) is 2.36. The summed E-state index contributed by atoms with van der Waals surface area (Å²) < 4.78 is 7.13. The van der Waals surface area contributed by atoms with E-state index in [1.165, 1.54) is 4.68 Å². The molecule has 5 heteroatoms. The fourth-order valence-electron chi connectivity index (χ4n) is 2.63. The van der Waals surface area contributed by atoms with Gasteiger partial charge in [0.15, 0.2) is 0 Å². The highest BCUT2D eigenvalue weighted by Gasteiger charge is 2.22. The van der Waals surface area contributed by atoms with E-state index < -0.39 is 0 Å². The standard InChI is InChI=1S/C17H11ClN2O2/c1-10-15-16(13-4-2-3-5-14(13)22-10)19-20(17(15)21)12-8-6-11(18)7-9-12/h2-9H,1H3. The minimum absolute atomic E-state index is 0.190. The molecular formula is C17H11ClN2O2. The Labute approximate surface area is 130 Å². The number of hydrogen-bond donors (Lipinski definition) is 0. The zero-order valence-corrected chi connectivity index (χ0v) is 12.5. The van der Waals surface area contributed by atoms with Crippen LogP contribution in [-0.2, 0) is 0 Å². The van der Waals surface area contributed by atoms with Crippen molar-refractivity contribution in [1.29, 1.82) is 0 Å². The molecule has 0 aliphatic carbocycles. The van der Waals surface area contributed by atoms with Crippen molar-refractivity contribution in [3.05, 3.63) is 69.7 Å². The van der Waals surface area contributed by atoms with Gasteiger partial charge in [0, 0.05) is 10.4 Å². The summed E-state index contributed by atoms with van der Waals surface area (Å²) in [5.74, 6) is 0.568. The number of halogens is 1. The summed E-state index contributed by atoms with van der Waals surface area (Å²) >= 11 is 5.90. The van der Waals surface area contributed by atoms with Gasteiger partial charge in [-0.05, 0) is 43.3 Å². The van der Waals surface area contributed by atoms with Crippen LogP contribution in [0.15, 0.2) is 57.7 Å². The second-order valence-corrected chi connectivity index (χ2v) is 5.51. The van der Waals surface area contributed by atoms with Crippen molar-refractivity contribution in [2.24, 2.45) is 0 Å². The molecule has 22 heavy (non-hydrogen) atoms. The molecule has 0 amide bonds. The Bertz CT molecular complexity index is 1020. The predicted molar refractivity (Wildman–Crippen MR) is 86.0 cm³/mol. The SMILES string of the molecule is Cc1oc2ccccc2c2nn(-c3ccc(Cl)cc3)c(=O)c1-2. The lowest BCUT2D eigenvalue weighted by molar-refractivity contribution is 0.567. The van der Waals surface area contributed by atoms with E-state index in [1.54, 1.807) is 31.2 Å². The predicted octanol–water partition coefficient (Wildman–Crippen LogP) is 4.05. The molecule has 0 bridgehead atoms. The Hall–Kier alpha value is -2.59. The number of rotatable bonds is 1. The topological polar surface area (TPSA) is 48.0 Å². The Morgan fingerprint density at radius 1 is 1.09 bits per heavy atom. The number of nitrogens with zero attached hydrogens (tertiary/aromatic N) is 2. The summed E-state index contributed by atoms with van der Waals surface area (Å²) in [5, 5.41) is 5.94. The van der Waals surface area contributed by atoms with Crippen molar-refractivity contribution in [1.82, 2.24) is 9.78 Å². The number of aryl methyl sites for hydroxylation is 1. The number of para-hydroxylation sites is 1. The van der Waals surface area contributed by atoms with E-state index in [1.807, 2.05) is 24.3 Å². The molecule has 0 unspecified atom stereocenters. The van der Waals surface area contributed by atoms with Gasteiger partial charge in [-0.2, -0.15) is 9.78 Å². The molecule has 2 aromatic carbocycles. The minimum atomic E-state index is -0.190. The highest BCUT2D eigenvalue weighted by molar-refractivity contribution is 6.30. The largest absolute Gasteiger partial charge is 0.460 e. The first-order valence-electron chi connectivity index (χ1n) is 6.82. The molecule has 0 fully saturated rings. The fraction of sp³-hybridized carbons (Fsp3) is 0.0588. The van der Waals surface area contributed by atoms with Crippen LogP contribution in [0.1, 0.15) is 5.76 Å². The van der Waals surface area contributed by atoms with Gasteiger partial charge >= 0.3 is 0 Å². The highest BCUT2D eigenvalue weighted by Crippen LogP contribution is 2.30. The van der Waals surface area contributed by atoms with Crippen LogP contribution in [0.2, 0.25) is 5.02 Å². The van der Waals surface area contributed by atoms with Crippen LogP contribution in [0.5, 0.6) is 0 Å². The first-order valence-corrected chi connectivity index (χ1v) is 7.20. The van der Waals surface area contributed by atoms with Crippen molar-refractivity contribution in [3.63, 3.8) is 0 Å². The van der Waals surface area contributed by atoms with E-state index in [-0.39, 0.29) is 5.56 Å². The van der Waals surface area contributed by atoms with Gasteiger partial charge in [0.25, 0.3) is 5.56 Å². The van der Waals surface area contributed by atoms with E-state index in [9.17, 15) is 4.79 Å². The van der Waals surface area contributed by atoms with Crippen molar-refractivity contribution in [3.8, 4) is 16.9 Å². The van der Waals surface area contributed by atoms with E-state index in [4.69, 9.17) is 16.0 Å². The lowest BCUT2D eigenvalue weighted by Crippen LogP contribution is -2.14. The fourth-order valence-corrected chi connectivity index (χ4v) is 2.76. The van der Waals surface area contributed by atoms with Crippen molar-refractivity contribution in [2.45, 2.75) is 6.92 Å². The van der Waals surface area contributed by atoms with E-state index in [0.717, 1.165) is 5.39 Å². The smallest absolute Gasteiger partial charge is 0.284 e. The van der Waals surface area contributed by atoms with Crippen molar-refractivity contribution in [2.75, 3.05) is 0 Å². The molecule has 0 atom stereocenters. The van der Waals surface area contributed by atoms with Gasteiger partial charge in [0.2, 0.25) is 0 Å². The first kappa shape index (κ1) is 13.1. The Morgan fingerprint density at radius 2 is 1.82 bits per heavy atom. The number of benzene rings is 2. The molecule has 0 saturated carbocycles. The lowest BCUT2D eigenvalue weighted by atomic mass is 10.1. The molecule has 2 aliphatic heterocycles. The van der Waals surface area contributed by atoms with Crippen LogP contribution in [-0.4, -0.2) is 9.78 Å². The van der Waals surface area contributed by atoms with Crippen LogP contribution in [0.4, 0.5) is 0 Å². The summed E-state index contributed by atoms with van der Waals surface area (Å²) in [6.45, 7) is 1.78. The van der Waals surface area contributed by atoms with Gasteiger partial charge in [-0.1, -0.05) is 23.7 Å². The average molecular weight is 311 g/mol. The van der Waals surface area contributed by atoms with Crippen LogP contribution in [0, 0.1) is 6.92 Å². The van der Waals surface area contributed by atoms with Gasteiger partial charge < -0.3 is 4.42 Å². The molecule has 0 spiro atoms. The third-order valence-corrected chi connectivity index (χ3v) is 3.92. The molecule has 2 aromatic rings. The molecule has 0 radical (unpaired) electrons. The van der Waals surface area contributed by atoms with Crippen LogP contribution in [0.3, 0.4) is 0 Å². The van der Waals surface area contributed by atoms with E-state index in [0.29, 0.717) is 33.3 Å². The van der Waals surface area contributed by atoms with Crippen molar-refractivity contribution >= 4 is 22.6 Å². The number of hydrogen-bond acceptors (Lipinski definition) is 3. The Morgan fingerprint density at radius 3 is 2.59 bits per heavy atom. The average Bonchev–Trinajstić information content (AvgIpc) is 2.87. The molecule has 2 heterocycles. The van der Waals surface area contributed by atoms with Crippen LogP contribution >= 0.6 is 11.6 Å². The monoisotopic (exact) mass is 310 g/mol. The number of aromatic nitrogens is 2. The van der Waals surface area contributed by atoms with Crippen LogP contribution < -0.4 is 5.56 Å². The maximum Gasteiger partial charge on any atom is 0.284 e. The maximum absolute atomic E-state index is 12.7. The van der Waals surface area contributed by atoms with E-state index in [2.05, 4.69) is 5.10 Å². The third-order valence-electron chi connectivity index (χ3n) is 3.67. The molecular weight excluding hydrogens is 300 g/mol. The minimum Gasteiger partial charge on any atom is -0.460 e. The second kappa shape index (κ2) is 4.71. The molecule has 108 valence electrons. The summed E-state index contributed by atoms with van der Waals surface area (Å²) in [6, 6.07) is 14.6. The molecule has 2 aliphatic rings. The summed E-state index contributed by atoms with van der Waals surface area (Å²) in [6.07, 6.45) is 0. The van der Waals surface area contributed by atoms with E-state index >= 15 is 0 Å². The molecule has 4 nitrogen and oxygen atoms in total. The second-order valence-electron chi connectivity index (χ2n) is 5.07. The Kier molecular flexibility index (Phi) is 2.81. The lowest BCUT2D eigenvalue weighted by Gasteiger charge is -2.04. The molecule has 0 N–H and O–H groups in total. The quantitative estimate of drug-likeness (QED) is 0.533. The highest BCUT2D eigenvalue weighted by atomic mass is 35.5. The summed E-state index contributed by atoms with van der Waals surface area (Å²) in [4.78, 5) is 12.7. The van der Waals surface area contributed by atoms with Gasteiger partial charge in [-0.3, -0.25) is 4.79 Å². The maximum atomic E-state index is 12.7. The van der Waals surface area contributed by atoms with Crippen molar-refractivity contribution < 1.29 is 4.42 Å². The molecule has 0 saturated heterocycles. The normalized spacial score (nSPS) is 11.4. The zero-order valence-electron chi connectivity index (χ0n) is 11.7. The number of fused-ring (bicyclic) bond motifs is 3. The zero-order chi connectivity index (χ0) is 15.3. The molecule has 0 aromatic heterocycles. The van der Waals surface area contributed by atoms with Gasteiger partial charge in [-0.15, -0.1) is 0 Å². The van der Waals surface area contributed by atoms with Crippen LogP contribution in [0.25, 0.3) is 27.9 Å². The Balaban J connectivity index is 2.10. The third kappa shape index (κ3) is 1.84. The van der Waals surface area contributed by atoms with Gasteiger partial charge in [-0.25, -0.2) is 0 Å². The van der Waals surface area contributed by atoms with Gasteiger partial charge in [0.1, 0.15) is 22.6 Å². The first-order chi connectivity index (χ1) is 10.6.